The average molecular weight is 400 g/mol. The van der Waals surface area contributed by atoms with Crippen molar-refractivity contribution in [2.24, 2.45) is 5.92 Å². The molecule has 29 heavy (non-hydrogen) atoms. The molecule has 2 heterocycles. The molecular formula is C22H30FN5O. The summed E-state index contributed by atoms with van der Waals surface area (Å²) >= 11 is 0. The van der Waals surface area contributed by atoms with E-state index in [0.717, 1.165) is 18.1 Å². The van der Waals surface area contributed by atoms with Crippen molar-refractivity contribution in [3.63, 3.8) is 0 Å². The summed E-state index contributed by atoms with van der Waals surface area (Å²) in [4.78, 5) is 21.8. The van der Waals surface area contributed by atoms with Gasteiger partial charge in [-0.05, 0) is 38.3 Å². The van der Waals surface area contributed by atoms with Crippen LogP contribution in [0.3, 0.4) is 0 Å². The maximum atomic E-state index is 13.9. The molecule has 156 valence electrons. The molecular weight excluding hydrogens is 369 g/mol. The Balaban J connectivity index is 1.48. The third-order valence-corrected chi connectivity index (χ3v) is 5.70. The van der Waals surface area contributed by atoms with Crippen LogP contribution in [0.25, 0.3) is 0 Å². The van der Waals surface area contributed by atoms with Crippen molar-refractivity contribution in [1.82, 2.24) is 24.6 Å². The molecule has 0 unspecified atom stereocenters. The van der Waals surface area contributed by atoms with Gasteiger partial charge in [-0.3, -0.25) is 9.69 Å². The van der Waals surface area contributed by atoms with Crippen LogP contribution in [0.4, 0.5) is 4.39 Å². The molecule has 4 rings (SSSR count). The van der Waals surface area contributed by atoms with Crippen LogP contribution >= 0.6 is 0 Å². The molecule has 1 saturated carbocycles. The van der Waals surface area contributed by atoms with Crippen LogP contribution in [0.15, 0.2) is 24.3 Å². The van der Waals surface area contributed by atoms with Gasteiger partial charge in [-0.2, -0.15) is 5.10 Å². The van der Waals surface area contributed by atoms with E-state index in [-0.39, 0.29) is 24.3 Å². The van der Waals surface area contributed by atoms with Crippen LogP contribution < -0.4 is 0 Å². The molecule has 1 aliphatic carbocycles. The number of likely N-dealkylation sites (N-methyl/N-ethyl adjacent to an activating group) is 1. The van der Waals surface area contributed by atoms with Crippen molar-refractivity contribution in [2.45, 2.75) is 58.2 Å². The number of nitrogens with zero attached hydrogens (tertiary/aromatic N) is 5. The lowest BCUT2D eigenvalue weighted by Crippen LogP contribution is -2.46. The van der Waals surface area contributed by atoms with Gasteiger partial charge in [0.2, 0.25) is 5.91 Å². The number of benzene rings is 1. The fraction of sp³-hybridized carbons (Fsp3) is 0.591. The zero-order chi connectivity index (χ0) is 20.5. The van der Waals surface area contributed by atoms with E-state index in [9.17, 15) is 9.18 Å². The van der Waals surface area contributed by atoms with Gasteiger partial charge in [0.15, 0.2) is 5.82 Å². The molecule has 7 heteroatoms. The Morgan fingerprint density at radius 1 is 1.28 bits per heavy atom. The molecule has 2 aliphatic rings. The van der Waals surface area contributed by atoms with Crippen molar-refractivity contribution in [2.75, 3.05) is 20.1 Å². The van der Waals surface area contributed by atoms with Gasteiger partial charge in [-0.15, -0.1) is 0 Å². The lowest BCUT2D eigenvalue weighted by Gasteiger charge is -2.37. The van der Waals surface area contributed by atoms with Gasteiger partial charge in [-0.1, -0.05) is 32.0 Å². The van der Waals surface area contributed by atoms with Crippen molar-refractivity contribution in [1.29, 1.82) is 0 Å². The third-order valence-electron chi connectivity index (χ3n) is 5.70. The number of fused-ring (bicyclic) bond motifs is 1. The fourth-order valence-electron chi connectivity index (χ4n) is 4.07. The van der Waals surface area contributed by atoms with Crippen LogP contribution in [-0.2, 0) is 17.9 Å². The second-order valence-electron chi connectivity index (χ2n) is 8.82. The first-order valence-electron chi connectivity index (χ1n) is 10.6. The summed E-state index contributed by atoms with van der Waals surface area (Å²) in [5, 5.41) is 4.71. The predicted octanol–water partition coefficient (Wildman–Crippen LogP) is 3.36. The van der Waals surface area contributed by atoms with E-state index in [4.69, 9.17) is 10.1 Å². The quantitative estimate of drug-likeness (QED) is 0.716. The van der Waals surface area contributed by atoms with Gasteiger partial charge in [0, 0.05) is 24.6 Å². The Hall–Kier alpha value is -2.28. The number of carbonyl (C=O) groups excluding carboxylic acids is 1. The van der Waals surface area contributed by atoms with E-state index in [2.05, 4.69) is 13.8 Å². The highest BCUT2D eigenvalue weighted by Crippen LogP contribution is 2.40. The standard InChI is InChI=1S/C22H30FN5O/c1-15(2)12-19-22-24-21(16-8-9-16)25-28(22)11-10-27(19)20(29)14-26(3)13-17-6-4-5-7-18(17)23/h4-7,15-16,19H,8-14H2,1-3H3/t19-/m0/s1. The summed E-state index contributed by atoms with van der Waals surface area (Å²) in [7, 11) is 1.86. The van der Waals surface area contributed by atoms with E-state index >= 15 is 0 Å². The van der Waals surface area contributed by atoms with E-state index < -0.39 is 0 Å². The van der Waals surface area contributed by atoms with Gasteiger partial charge < -0.3 is 4.90 Å². The van der Waals surface area contributed by atoms with E-state index in [1.165, 1.54) is 18.9 Å². The molecule has 1 aromatic carbocycles. The second-order valence-corrected chi connectivity index (χ2v) is 8.82. The number of amides is 1. The van der Waals surface area contributed by atoms with E-state index in [1.807, 2.05) is 27.6 Å². The van der Waals surface area contributed by atoms with Gasteiger partial charge in [0.1, 0.15) is 11.6 Å². The first kappa shape index (κ1) is 20.0. The van der Waals surface area contributed by atoms with E-state index in [1.54, 1.807) is 12.1 Å². The molecule has 0 bridgehead atoms. The minimum Gasteiger partial charge on any atom is -0.329 e. The van der Waals surface area contributed by atoms with Crippen molar-refractivity contribution in [3.8, 4) is 0 Å². The SMILES string of the molecule is CC(C)C[C@H]1c2nc(C3CC3)nn2CCN1C(=O)CN(C)Cc1ccccc1F. The summed E-state index contributed by atoms with van der Waals surface area (Å²) in [5.74, 6) is 2.65. The molecule has 1 aliphatic heterocycles. The van der Waals surface area contributed by atoms with Gasteiger partial charge in [-0.25, -0.2) is 14.1 Å². The highest BCUT2D eigenvalue weighted by Gasteiger charge is 2.37. The molecule has 0 saturated heterocycles. The number of hydrogen-bond acceptors (Lipinski definition) is 4. The Labute approximate surface area is 171 Å². The maximum absolute atomic E-state index is 13.9. The summed E-state index contributed by atoms with van der Waals surface area (Å²) < 4.78 is 16.0. The summed E-state index contributed by atoms with van der Waals surface area (Å²) in [6.45, 7) is 6.33. The Bertz CT molecular complexity index is 876. The lowest BCUT2D eigenvalue weighted by atomic mass is 10.00. The van der Waals surface area contributed by atoms with E-state index in [0.29, 0.717) is 37.0 Å². The smallest absolute Gasteiger partial charge is 0.237 e. The Kier molecular flexibility index (Phi) is 5.67. The maximum Gasteiger partial charge on any atom is 0.237 e. The first-order valence-corrected chi connectivity index (χ1v) is 10.6. The minimum atomic E-state index is -0.233. The molecule has 1 amide bonds. The van der Waals surface area contributed by atoms with Crippen molar-refractivity contribution in [3.05, 3.63) is 47.3 Å². The normalized spacial score (nSPS) is 19.1. The summed E-state index contributed by atoms with van der Waals surface area (Å²) in [6.07, 6.45) is 3.20. The van der Waals surface area contributed by atoms with Crippen molar-refractivity contribution < 1.29 is 9.18 Å². The topological polar surface area (TPSA) is 54.3 Å². The molecule has 0 N–H and O–H groups in total. The summed E-state index contributed by atoms with van der Waals surface area (Å²) in [6, 6.07) is 6.68. The molecule has 0 radical (unpaired) electrons. The predicted molar refractivity (Wildman–Crippen MR) is 109 cm³/mol. The first-order chi connectivity index (χ1) is 13.9. The van der Waals surface area contributed by atoms with Crippen LogP contribution in [-0.4, -0.2) is 50.6 Å². The molecule has 1 aromatic heterocycles. The monoisotopic (exact) mass is 399 g/mol. The molecule has 2 aromatic rings. The zero-order valence-corrected chi connectivity index (χ0v) is 17.5. The van der Waals surface area contributed by atoms with Gasteiger partial charge >= 0.3 is 0 Å². The third kappa shape index (κ3) is 4.50. The number of rotatable bonds is 7. The highest BCUT2D eigenvalue weighted by atomic mass is 19.1. The number of carbonyl (C=O) groups is 1. The number of halogens is 1. The summed E-state index contributed by atoms with van der Waals surface area (Å²) in [5.41, 5.74) is 0.606. The zero-order valence-electron chi connectivity index (χ0n) is 17.5. The molecule has 1 fully saturated rings. The molecule has 6 nitrogen and oxygen atoms in total. The van der Waals surface area contributed by atoms with Crippen LogP contribution in [0.5, 0.6) is 0 Å². The van der Waals surface area contributed by atoms with Gasteiger partial charge in [0.25, 0.3) is 0 Å². The van der Waals surface area contributed by atoms with Crippen molar-refractivity contribution >= 4 is 5.91 Å². The fourth-order valence-corrected chi connectivity index (χ4v) is 4.07. The lowest BCUT2D eigenvalue weighted by molar-refractivity contribution is -0.136. The second kappa shape index (κ2) is 8.22. The minimum absolute atomic E-state index is 0.0434. The van der Waals surface area contributed by atoms with Crippen LogP contribution in [0, 0.1) is 11.7 Å². The Morgan fingerprint density at radius 2 is 2.03 bits per heavy atom. The van der Waals surface area contributed by atoms with Crippen LogP contribution in [0.1, 0.15) is 62.3 Å². The number of aromatic nitrogens is 3. The average Bonchev–Trinajstić information content (AvgIpc) is 3.42. The van der Waals surface area contributed by atoms with Gasteiger partial charge in [0.05, 0.1) is 19.1 Å². The number of hydrogen-bond donors (Lipinski definition) is 0. The highest BCUT2D eigenvalue weighted by molar-refractivity contribution is 5.78. The Morgan fingerprint density at radius 3 is 2.72 bits per heavy atom. The molecule has 0 spiro atoms. The molecule has 1 atom stereocenters. The van der Waals surface area contributed by atoms with Crippen LogP contribution in [0.2, 0.25) is 0 Å². The largest absolute Gasteiger partial charge is 0.329 e.